The third-order valence-corrected chi connectivity index (χ3v) is 3.27. The van der Waals surface area contributed by atoms with Crippen LogP contribution in [0.25, 0.3) is 0 Å². The Morgan fingerprint density at radius 1 is 1.05 bits per heavy atom. The Morgan fingerprint density at radius 2 is 1.67 bits per heavy atom. The molecule has 0 bridgehead atoms. The van der Waals surface area contributed by atoms with E-state index in [1.165, 1.54) is 37.4 Å². The summed E-state index contributed by atoms with van der Waals surface area (Å²) in [6.07, 6.45) is 0. The van der Waals surface area contributed by atoms with Crippen LogP contribution >= 0.6 is 15.9 Å². The Hall–Kier alpha value is -2.21. The molecule has 0 aromatic heterocycles. The topological polar surface area (TPSA) is 52.6 Å². The minimum Gasteiger partial charge on any atom is -0.465 e. The molecule has 0 fully saturated rings. The molecule has 0 spiro atoms. The molecule has 6 heteroatoms. The molecule has 2 aromatic rings. The van der Waals surface area contributed by atoms with Gasteiger partial charge in [0.15, 0.2) is 0 Å². The van der Waals surface area contributed by atoms with E-state index in [0.29, 0.717) is 4.47 Å². The number of esters is 2. The van der Waals surface area contributed by atoms with Crippen molar-refractivity contribution in [1.29, 1.82) is 0 Å². The van der Waals surface area contributed by atoms with Crippen LogP contribution in [0, 0.1) is 5.82 Å². The first-order chi connectivity index (χ1) is 10.0. The molecule has 21 heavy (non-hydrogen) atoms. The van der Waals surface area contributed by atoms with E-state index >= 15 is 0 Å². The van der Waals surface area contributed by atoms with Crippen molar-refractivity contribution in [3.63, 3.8) is 0 Å². The van der Waals surface area contributed by atoms with Crippen molar-refractivity contribution in [2.75, 3.05) is 7.11 Å². The molecule has 0 aliphatic rings. The van der Waals surface area contributed by atoms with E-state index in [1.807, 2.05) is 0 Å². The molecule has 0 aliphatic heterocycles. The number of benzene rings is 2. The predicted molar refractivity (Wildman–Crippen MR) is 76.8 cm³/mol. The second-order valence-corrected chi connectivity index (χ2v) is 4.86. The quantitative estimate of drug-likeness (QED) is 0.625. The zero-order valence-corrected chi connectivity index (χ0v) is 12.5. The number of hydrogen-bond acceptors (Lipinski definition) is 4. The fourth-order valence-electron chi connectivity index (χ4n) is 1.66. The molecule has 0 atom stereocenters. The molecule has 0 unspecified atom stereocenters. The predicted octanol–water partition coefficient (Wildman–Crippen LogP) is 3.59. The third kappa shape index (κ3) is 3.46. The monoisotopic (exact) mass is 352 g/mol. The van der Waals surface area contributed by atoms with Gasteiger partial charge in [-0.2, -0.15) is 0 Å². The molecule has 0 amide bonds. The molecule has 0 saturated carbocycles. The Labute approximate surface area is 128 Å². The highest BCUT2D eigenvalue weighted by atomic mass is 79.9. The fraction of sp³-hybridized carbons (Fsp3) is 0.0667. The molecule has 0 N–H and O–H groups in total. The lowest BCUT2D eigenvalue weighted by atomic mass is 10.1. The molecule has 2 aromatic carbocycles. The van der Waals surface area contributed by atoms with E-state index in [0.717, 1.165) is 0 Å². The van der Waals surface area contributed by atoms with E-state index in [1.54, 1.807) is 12.1 Å². The first-order valence-electron chi connectivity index (χ1n) is 5.87. The normalized spacial score (nSPS) is 10.0. The van der Waals surface area contributed by atoms with Gasteiger partial charge in [0.25, 0.3) is 0 Å². The average molecular weight is 353 g/mol. The second-order valence-electron chi connectivity index (χ2n) is 4.00. The molecule has 108 valence electrons. The van der Waals surface area contributed by atoms with E-state index in [9.17, 15) is 14.0 Å². The lowest BCUT2D eigenvalue weighted by Gasteiger charge is -2.09. The number of carbonyl (C=O) groups is 2. The summed E-state index contributed by atoms with van der Waals surface area (Å²) in [5.41, 5.74) is 0.170. The number of carbonyl (C=O) groups excluding carboxylic acids is 2. The third-order valence-electron chi connectivity index (χ3n) is 2.65. The highest BCUT2D eigenvalue weighted by Gasteiger charge is 2.19. The summed E-state index contributed by atoms with van der Waals surface area (Å²) in [6, 6.07) is 9.78. The van der Waals surface area contributed by atoms with E-state index in [2.05, 4.69) is 20.7 Å². The van der Waals surface area contributed by atoms with Crippen LogP contribution in [0.3, 0.4) is 0 Å². The lowest BCUT2D eigenvalue weighted by molar-refractivity contribution is 0.0587. The largest absolute Gasteiger partial charge is 0.465 e. The minimum atomic E-state index is -0.733. The van der Waals surface area contributed by atoms with Gasteiger partial charge in [-0.15, -0.1) is 0 Å². The van der Waals surface area contributed by atoms with Gasteiger partial charge >= 0.3 is 11.9 Å². The highest BCUT2D eigenvalue weighted by molar-refractivity contribution is 9.10. The van der Waals surface area contributed by atoms with E-state index in [4.69, 9.17) is 4.74 Å². The number of hydrogen-bond donors (Lipinski definition) is 0. The molecular weight excluding hydrogens is 343 g/mol. The van der Waals surface area contributed by atoms with Crippen molar-refractivity contribution < 1.29 is 23.5 Å². The Morgan fingerprint density at radius 3 is 2.24 bits per heavy atom. The summed E-state index contributed by atoms with van der Waals surface area (Å²) in [7, 11) is 1.22. The van der Waals surface area contributed by atoms with Gasteiger partial charge in [0, 0.05) is 0 Å². The van der Waals surface area contributed by atoms with Gasteiger partial charge in [-0.25, -0.2) is 14.0 Å². The van der Waals surface area contributed by atoms with Crippen LogP contribution in [0.1, 0.15) is 20.7 Å². The zero-order valence-electron chi connectivity index (χ0n) is 10.9. The van der Waals surface area contributed by atoms with Crippen molar-refractivity contribution in [3.8, 4) is 5.75 Å². The smallest absolute Gasteiger partial charge is 0.344 e. The Balaban J connectivity index is 2.31. The van der Waals surface area contributed by atoms with Crippen molar-refractivity contribution >= 4 is 27.9 Å². The molecule has 4 nitrogen and oxygen atoms in total. The number of rotatable bonds is 3. The zero-order chi connectivity index (χ0) is 15.4. The van der Waals surface area contributed by atoms with Crippen LogP contribution in [-0.4, -0.2) is 19.0 Å². The standard InChI is InChI=1S/C15H10BrFO4/c1-20-14(18)10-4-2-3-5-11(10)15(19)21-13-7-6-9(17)8-12(13)16/h2-8H,1H3. The number of ether oxygens (including phenoxy) is 2. The summed E-state index contributed by atoms with van der Waals surface area (Å²) in [5.74, 6) is -1.68. The van der Waals surface area contributed by atoms with E-state index in [-0.39, 0.29) is 16.9 Å². The van der Waals surface area contributed by atoms with Gasteiger partial charge in [-0.3, -0.25) is 0 Å². The van der Waals surface area contributed by atoms with Gasteiger partial charge in [0.2, 0.25) is 0 Å². The molecule has 0 aliphatic carbocycles. The highest BCUT2D eigenvalue weighted by Crippen LogP contribution is 2.26. The number of halogens is 2. The van der Waals surface area contributed by atoms with Crippen LogP contribution in [0.2, 0.25) is 0 Å². The summed E-state index contributed by atoms with van der Waals surface area (Å²) in [5, 5.41) is 0. The van der Waals surface area contributed by atoms with Crippen molar-refractivity contribution in [2.24, 2.45) is 0 Å². The van der Waals surface area contributed by atoms with Gasteiger partial charge in [0.05, 0.1) is 22.7 Å². The second kappa shape index (κ2) is 6.49. The van der Waals surface area contributed by atoms with Crippen molar-refractivity contribution in [1.82, 2.24) is 0 Å². The van der Waals surface area contributed by atoms with Gasteiger partial charge < -0.3 is 9.47 Å². The molecule has 2 rings (SSSR count). The SMILES string of the molecule is COC(=O)c1ccccc1C(=O)Oc1ccc(F)cc1Br. The molecule has 0 heterocycles. The first-order valence-corrected chi connectivity index (χ1v) is 6.67. The van der Waals surface area contributed by atoms with Gasteiger partial charge in [0.1, 0.15) is 11.6 Å². The Kier molecular flexibility index (Phi) is 4.70. The molecule has 0 radical (unpaired) electrons. The number of methoxy groups -OCH3 is 1. The maximum atomic E-state index is 13.0. The van der Waals surface area contributed by atoms with Crippen LogP contribution in [0.15, 0.2) is 46.9 Å². The molecule has 0 saturated heterocycles. The van der Waals surface area contributed by atoms with Crippen LogP contribution in [0.5, 0.6) is 5.75 Å². The van der Waals surface area contributed by atoms with Gasteiger partial charge in [-0.05, 0) is 46.3 Å². The summed E-state index contributed by atoms with van der Waals surface area (Å²) >= 11 is 3.10. The first kappa shape index (κ1) is 15.2. The van der Waals surface area contributed by atoms with Crippen molar-refractivity contribution in [3.05, 3.63) is 63.9 Å². The van der Waals surface area contributed by atoms with Crippen LogP contribution in [-0.2, 0) is 4.74 Å². The maximum Gasteiger partial charge on any atom is 0.344 e. The fourth-order valence-corrected chi connectivity index (χ4v) is 2.09. The minimum absolute atomic E-state index is 0.0700. The maximum absolute atomic E-state index is 13.0. The lowest BCUT2D eigenvalue weighted by Crippen LogP contribution is -2.15. The Bertz CT molecular complexity index is 700. The van der Waals surface area contributed by atoms with Crippen molar-refractivity contribution in [2.45, 2.75) is 0 Å². The summed E-state index contributed by atoms with van der Waals surface area (Å²) in [4.78, 5) is 23.8. The average Bonchev–Trinajstić information content (AvgIpc) is 2.49. The summed E-state index contributed by atoms with van der Waals surface area (Å²) in [6.45, 7) is 0. The van der Waals surface area contributed by atoms with E-state index < -0.39 is 17.8 Å². The van der Waals surface area contributed by atoms with Crippen LogP contribution < -0.4 is 4.74 Å². The van der Waals surface area contributed by atoms with Gasteiger partial charge in [-0.1, -0.05) is 12.1 Å². The summed E-state index contributed by atoms with van der Waals surface area (Å²) < 4.78 is 23.1. The van der Waals surface area contributed by atoms with Crippen LogP contribution in [0.4, 0.5) is 4.39 Å². The molecular formula is C15H10BrFO4.